The largest absolute Gasteiger partial charge is 0.466 e. The van der Waals surface area contributed by atoms with Crippen molar-refractivity contribution in [1.82, 2.24) is 9.91 Å². The molecule has 0 aromatic heterocycles. The lowest BCUT2D eigenvalue weighted by Gasteiger charge is -2.40. The number of benzene rings is 2. The number of fused-ring (bicyclic) bond motifs is 2. The molecular formula is C37H44F3N4O3+. The van der Waals surface area contributed by atoms with Crippen LogP contribution in [0, 0.1) is 31.4 Å². The van der Waals surface area contributed by atoms with E-state index in [0.717, 1.165) is 22.7 Å². The number of hydrazone groups is 1. The molecule has 2 aromatic rings. The number of quaternary nitrogens is 1. The second-order valence-corrected chi connectivity index (χ2v) is 13.8. The number of hydrogen-bond acceptors (Lipinski definition) is 6. The number of carbonyl (C=O) groups is 2. The van der Waals surface area contributed by atoms with E-state index in [2.05, 4.69) is 0 Å². The van der Waals surface area contributed by atoms with Gasteiger partial charge in [0.25, 0.3) is 0 Å². The fourth-order valence-electron chi connectivity index (χ4n) is 7.59. The molecule has 0 aliphatic carbocycles. The Labute approximate surface area is 274 Å². The van der Waals surface area contributed by atoms with Gasteiger partial charge in [-0.1, -0.05) is 26.0 Å². The Kier molecular flexibility index (Phi) is 8.95. The van der Waals surface area contributed by atoms with Gasteiger partial charge >= 0.3 is 11.9 Å². The van der Waals surface area contributed by atoms with Gasteiger partial charge in [0.05, 0.1) is 12.3 Å². The maximum Gasteiger partial charge on any atom is 0.344 e. The van der Waals surface area contributed by atoms with Gasteiger partial charge < -0.3 is 4.74 Å². The summed E-state index contributed by atoms with van der Waals surface area (Å²) in [5.41, 5.74) is 5.44. The number of esters is 1. The molecule has 1 unspecified atom stereocenters. The molecule has 4 heterocycles. The highest BCUT2D eigenvalue weighted by molar-refractivity contribution is 5.98. The number of aryl methyl sites for hydroxylation is 2. The Balaban J connectivity index is 1.47. The lowest BCUT2D eigenvalue weighted by molar-refractivity contribution is -0.740. The molecule has 2 saturated heterocycles. The van der Waals surface area contributed by atoms with E-state index in [0.29, 0.717) is 61.3 Å². The Morgan fingerprint density at radius 3 is 2.53 bits per heavy atom. The van der Waals surface area contributed by atoms with Crippen LogP contribution in [-0.2, 0) is 14.3 Å². The van der Waals surface area contributed by atoms with Gasteiger partial charge in [0.2, 0.25) is 0 Å². The molecule has 1 amide bonds. The van der Waals surface area contributed by atoms with Crippen LogP contribution in [0.3, 0.4) is 0 Å². The van der Waals surface area contributed by atoms with Gasteiger partial charge in [-0.2, -0.15) is 5.10 Å². The molecule has 0 spiro atoms. The summed E-state index contributed by atoms with van der Waals surface area (Å²) in [6, 6.07) is 6.48. The molecule has 4 aliphatic heterocycles. The highest BCUT2D eigenvalue weighted by atomic mass is 19.1. The zero-order valence-electron chi connectivity index (χ0n) is 28.1. The van der Waals surface area contributed by atoms with Crippen LogP contribution in [0.5, 0.6) is 0 Å². The first-order valence-electron chi connectivity index (χ1n) is 16.6. The van der Waals surface area contributed by atoms with Crippen molar-refractivity contribution in [2.24, 2.45) is 11.0 Å². The van der Waals surface area contributed by atoms with Crippen molar-refractivity contribution < 1.29 is 32.0 Å². The summed E-state index contributed by atoms with van der Waals surface area (Å²) in [7, 11) is 0. The van der Waals surface area contributed by atoms with Gasteiger partial charge in [-0.25, -0.2) is 27.5 Å². The van der Waals surface area contributed by atoms with E-state index < -0.39 is 35.9 Å². The van der Waals surface area contributed by atoms with Crippen molar-refractivity contribution >= 4 is 17.6 Å². The SMILES string of the molecule is CCOC(=O)C[C@@H](c1cc(-c2c(C)cccc2F)cc(C)c1F)[N+]12CC1=C1C(C)=CC(CCN3CC(F)C3)=NN1[C@@H](CC(C)C)C2=O. The number of rotatable bonds is 11. The summed E-state index contributed by atoms with van der Waals surface area (Å²) < 4.78 is 50.2. The third-order valence-corrected chi connectivity index (χ3v) is 9.89. The monoisotopic (exact) mass is 649 g/mol. The second-order valence-electron chi connectivity index (χ2n) is 13.8. The van der Waals surface area contributed by atoms with Crippen molar-refractivity contribution in [3.8, 4) is 11.1 Å². The molecule has 2 fully saturated rings. The molecule has 0 bridgehead atoms. The summed E-state index contributed by atoms with van der Waals surface area (Å²) in [5, 5.41) is 6.83. The van der Waals surface area contributed by atoms with Crippen LogP contribution in [0.1, 0.15) is 69.7 Å². The average molecular weight is 650 g/mol. The van der Waals surface area contributed by atoms with Gasteiger partial charge in [-0.3, -0.25) is 9.69 Å². The van der Waals surface area contributed by atoms with Gasteiger partial charge in [0, 0.05) is 37.2 Å². The number of amides is 1. The predicted molar refractivity (Wildman–Crippen MR) is 175 cm³/mol. The summed E-state index contributed by atoms with van der Waals surface area (Å²) in [6.45, 7) is 13.2. The normalized spacial score (nSPS) is 23.2. The molecule has 10 heteroatoms. The lowest BCUT2D eigenvalue weighted by Crippen LogP contribution is -2.54. The predicted octanol–water partition coefficient (Wildman–Crippen LogP) is 6.90. The van der Waals surface area contributed by atoms with Gasteiger partial charge in [0.15, 0.2) is 18.3 Å². The van der Waals surface area contributed by atoms with Crippen molar-refractivity contribution in [3.63, 3.8) is 0 Å². The Bertz CT molecular complexity index is 1690. The molecule has 47 heavy (non-hydrogen) atoms. The van der Waals surface area contributed by atoms with E-state index in [1.807, 2.05) is 36.8 Å². The van der Waals surface area contributed by atoms with E-state index in [9.17, 15) is 14.0 Å². The maximum atomic E-state index is 16.4. The average Bonchev–Trinajstić information content (AvgIpc) is 3.74. The molecule has 2 aromatic carbocycles. The fraction of sp³-hybridized carbons (Fsp3) is 0.486. The number of ether oxygens (including phenoxy) is 1. The third kappa shape index (κ3) is 5.95. The fourth-order valence-corrected chi connectivity index (χ4v) is 7.59. The molecule has 0 N–H and O–H groups in total. The minimum absolute atomic E-state index is 0.142. The number of alkyl halides is 1. The molecule has 6 rings (SSSR count). The molecular weight excluding hydrogens is 605 g/mol. The molecule has 250 valence electrons. The highest BCUT2D eigenvalue weighted by Crippen LogP contribution is 2.56. The minimum Gasteiger partial charge on any atom is -0.466 e. The molecule has 7 nitrogen and oxygen atoms in total. The summed E-state index contributed by atoms with van der Waals surface area (Å²) >= 11 is 0. The van der Waals surface area contributed by atoms with Gasteiger partial charge in [0.1, 0.15) is 36.0 Å². The van der Waals surface area contributed by atoms with Crippen LogP contribution in [0.4, 0.5) is 13.2 Å². The quantitative estimate of drug-likeness (QED) is 0.151. The van der Waals surface area contributed by atoms with Crippen molar-refractivity contribution in [2.75, 3.05) is 32.8 Å². The number of carbonyl (C=O) groups excluding carboxylic acids is 2. The highest BCUT2D eigenvalue weighted by Gasteiger charge is 2.70. The van der Waals surface area contributed by atoms with E-state index in [-0.39, 0.29) is 34.9 Å². The first-order valence-corrected chi connectivity index (χ1v) is 16.6. The van der Waals surface area contributed by atoms with E-state index in [4.69, 9.17) is 9.84 Å². The Morgan fingerprint density at radius 2 is 1.87 bits per heavy atom. The molecule has 0 radical (unpaired) electrons. The molecule has 3 atom stereocenters. The third-order valence-electron chi connectivity index (χ3n) is 9.89. The number of allylic oxidation sites excluding steroid dienone is 2. The van der Waals surface area contributed by atoms with Gasteiger partial charge in [-0.15, -0.1) is 0 Å². The van der Waals surface area contributed by atoms with Crippen LogP contribution in [-0.4, -0.2) is 77.0 Å². The van der Waals surface area contributed by atoms with Crippen molar-refractivity contribution in [3.05, 3.63) is 81.7 Å². The standard InChI is InChI=1S/C37H44F3N4O3/c1-7-47-33(45)17-31(28-16-25(14-23(5)35(28)40)34-22(4)9-8-10-29(34)39)44-20-32(44)36-24(6)15-27(11-12-42-18-26(38)19-42)41-43(36)30(37(44)46)13-21(2)3/h8-10,14-16,21,26,30-31H,7,11-13,17-20H2,1-6H3/q+1/t30-,31-,44?/m0/s1. The number of halogens is 3. The zero-order chi connectivity index (χ0) is 33.8. The topological polar surface area (TPSA) is 62.2 Å². The van der Waals surface area contributed by atoms with Crippen LogP contribution in [0.2, 0.25) is 0 Å². The Hall–Kier alpha value is -3.76. The van der Waals surface area contributed by atoms with Crippen molar-refractivity contribution in [2.45, 2.75) is 79.1 Å². The van der Waals surface area contributed by atoms with E-state index in [1.165, 1.54) is 6.07 Å². The van der Waals surface area contributed by atoms with Crippen LogP contribution in [0.25, 0.3) is 11.1 Å². The summed E-state index contributed by atoms with van der Waals surface area (Å²) in [5.74, 6) is -1.47. The number of nitrogens with zero attached hydrogens (tertiary/aromatic N) is 4. The van der Waals surface area contributed by atoms with E-state index >= 15 is 8.78 Å². The minimum atomic E-state index is -0.912. The van der Waals surface area contributed by atoms with Crippen LogP contribution in [0.15, 0.2) is 58.5 Å². The number of likely N-dealkylation sites (tertiary alicyclic amines) is 1. The first kappa shape index (κ1) is 33.2. The second kappa shape index (κ2) is 12.7. The number of hydrogen-bond donors (Lipinski definition) is 0. The molecule has 4 aliphatic rings. The summed E-state index contributed by atoms with van der Waals surface area (Å²) in [4.78, 5) is 30.1. The van der Waals surface area contributed by atoms with E-state index in [1.54, 1.807) is 45.0 Å². The smallest absolute Gasteiger partial charge is 0.344 e. The van der Waals surface area contributed by atoms with Crippen molar-refractivity contribution in [1.29, 1.82) is 0 Å². The molecule has 0 saturated carbocycles. The maximum absolute atomic E-state index is 16.4. The Morgan fingerprint density at radius 1 is 1.13 bits per heavy atom. The van der Waals surface area contributed by atoms with Crippen LogP contribution >= 0.6 is 0 Å². The zero-order valence-corrected chi connectivity index (χ0v) is 28.1. The van der Waals surface area contributed by atoms with Gasteiger partial charge in [-0.05, 0) is 86.6 Å². The van der Waals surface area contributed by atoms with Crippen LogP contribution < -0.4 is 0 Å². The summed E-state index contributed by atoms with van der Waals surface area (Å²) in [6.07, 6.45) is 2.17. The first-order chi connectivity index (χ1) is 22.3. The lowest BCUT2D eigenvalue weighted by atomic mass is 9.90.